The van der Waals surface area contributed by atoms with Gasteiger partial charge in [-0.25, -0.2) is 4.68 Å². The van der Waals surface area contributed by atoms with Gasteiger partial charge in [0.1, 0.15) is 12.1 Å². The second-order valence-corrected chi connectivity index (χ2v) is 6.35. The summed E-state index contributed by atoms with van der Waals surface area (Å²) in [5, 5.41) is 7.94. The van der Waals surface area contributed by atoms with E-state index in [1.165, 1.54) is 16.7 Å². The number of methoxy groups -OCH3 is 1. The van der Waals surface area contributed by atoms with Crippen LogP contribution in [0.15, 0.2) is 54.9 Å². The molecule has 5 heteroatoms. The van der Waals surface area contributed by atoms with Crippen LogP contribution in [0, 0.1) is 0 Å². The summed E-state index contributed by atoms with van der Waals surface area (Å²) in [6.07, 6.45) is 3.58. The molecule has 2 atom stereocenters. The van der Waals surface area contributed by atoms with Gasteiger partial charge >= 0.3 is 0 Å². The Balaban J connectivity index is 1.69. The van der Waals surface area contributed by atoms with Crippen LogP contribution in [0.4, 0.5) is 5.95 Å². The Morgan fingerprint density at radius 2 is 2.00 bits per heavy atom. The Bertz CT molecular complexity index is 856. The highest BCUT2D eigenvalue weighted by molar-refractivity contribution is 5.40. The number of rotatable bonds is 4. The molecule has 25 heavy (non-hydrogen) atoms. The van der Waals surface area contributed by atoms with Gasteiger partial charge in [0.25, 0.3) is 0 Å². The second kappa shape index (κ2) is 6.59. The minimum atomic E-state index is 0.167. The molecule has 4 rings (SSSR count). The molecule has 0 saturated carbocycles. The maximum absolute atomic E-state index is 5.38. The van der Waals surface area contributed by atoms with E-state index in [1.807, 2.05) is 16.8 Å². The minimum Gasteiger partial charge on any atom is -0.497 e. The van der Waals surface area contributed by atoms with Crippen molar-refractivity contribution in [3.05, 3.63) is 71.5 Å². The zero-order valence-corrected chi connectivity index (χ0v) is 14.5. The summed E-state index contributed by atoms with van der Waals surface area (Å²) in [5.74, 6) is 1.68. The summed E-state index contributed by atoms with van der Waals surface area (Å²) in [6, 6.07) is 17.4. The molecule has 1 aromatic heterocycles. The van der Waals surface area contributed by atoms with Crippen LogP contribution in [-0.4, -0.2) is 21.9 Å². The topological polar surface area (TPSA) is 52.0 Å². The zero-order chi connectivity index (χ0) is 17.2. The van der Waals surface area contributed by atoms with Crippen molar-refractivity contribution in [3.8, 4) is 5.75 Å². The third-order valence-electron chi connectivity index (χ3n) is 4.90. The molecular formula is C20H22N4O. The van der Waals surface area contributed by atoms with E-state index in [0.29, 0.717) is 0 Å². The molecule has 0 saturated heterocycles. The monoisotopic (exact) mass is 334 g/mol. The fourth-order valence-electron chi connectivity index (χ4n) is 3.45. The fraction of sp³-hybridized carbons (Fsp3) is 0.300. The third kappa shape index (κ3) is 2.97. The number of hydrogen-bond acceptors (Lipinski definition) is 4. The van der Waals surface area contributed by atoms with Crippen LogP contribution in [0.2, 0.25) is 0 Å². The molecule has 0 radical (unpaired) electrons. The molecule has 2 heterocycles. The highest BCUT2D eigenvalue weighted by Gasteiger charge is 2.30. The van der Waals surface area contributed by atoms with Gasteiger partial charge in [-0.3, -0.25) is 0 Å². The summed E-state index contributed by atoms with van der Waals surface area (Å²) in [5.41, 5.74) is 3.81. The Morgan fingerprint density at radius 3 is 2.76 bits per heavy atom. The van der Waals surface area contributed by atoms with Gasteiger partial charge in [-0.2, -0.15) is 10.1 Å². The largest absolute Gasteiger partial charge is 0.497 e. The van der Waals surface area contributed by atoms with Gasteiger partial charge in [-0.1, -0.05) is 43.3 Å². The van der Waals surface area contributed by atoms with E-state index >= 15 is 0 Å². The van der Waals surface area contributed by atoms with Crippen molar-refractivity contribution in [2.75, 3.05) is 12.4 Å². The normalized spacial score (nSPS) is 19.1. The lowest BCUT2D eigenvalue weighted by molar-refractivity contribution is 0.410. The highest BCUT2D eigenvalue weighted by atomic mass is 16.5. The zero-order valence-electron chi connectivity index (χ0n) is 14.5. The first-order valence-electron chi connectivity index (χ1n) is 8.67. The lowest BCUT2D eigenvalue weighted by atomic mass is 9.92. The number of fused-ring (bicyclic) bond motifs is 1. The lowest BCUT2D eigenvalue weighted by Gasteiger charge is -2.32. The summed E-state index contributed by atoms with van der Waals surface area (Å²) in [6.45, 7) is 2.17. The third-order valence-corrected chi connectivity index (χ3v) is 4.90. The Kier molecular flexibility index (Phi) is 4.14. The number of hydrogen-bond donors (Lipinski definition) is 1. The van der Waals surface area contributed by atoms with Gasteiger partial charge in [-0.05, 0) is 41.7 Å². The standard InChI is InChI=1S/C20H22N4O/c1-3-14-7-9-15(10-8-14)19-12-18(23-20-21-13-22-24(19)20)16-5-4-6-17(11-16)25-2/h4-11,13,18-19H,3,12H2,1-2H3,(H,21,22,23)/t18-,19-/m1/s1. The molecule has 0 amide bonds. The van der Waals surface area contributed by atoms with Gasteiger partial charge in [0.15, 0.2) is 0 Å². The summed E-state index contributed by atoms with van der Waals surface area (Å²) in [7, 11) is 1.70. The molecule has 5 nitrogen and oxygen atoms in total. The minimum absolute atomic E-state index is 0.167. The number of aromatic nitrogens is 3. The first-order chi connectivity index (χ1) is 12.3. The van der Waals surface area contributed by atoms with Crippen LogP contribution in [0.25, 0.3) is 0 Å². The van der Waals surface area contributed by atoms with E-state index in [2.05, 4.69) is 58.7 Å². The first-order valence-corrected chi connectivity index (χ1v) is 8.67. The maximum Gasteiger partial charge on any atom is 0.222 e. The van der Waals surface area contributed by atoms with E-state index in [-0.39, 0.29) is 12.1 Å². The molecule has 0 spiro atoms. The SMILES string of the molecule is CCc1ccc([C@H]2C[C@H](c3cccc(OC)c3)Nc3ncnn32)cc1. The number of ether oxygens (including phenoxy) is 1. The molecule has 0 unspecified atom stereocenters. The van der Waals surface area contributed by atoms with Gasteiger partial charge in [0.2, 0.25) is 5.95 Å². The number of benzene rings is 2. The van der Waals surface area contributed by atoms with Crippen molar-refractivity contribution in [2.24, 2.45) is 0 Å². The van der Waals surface area contributed by atoms with Crippen molar-refractivity contribution in [1.29, 1.82) is 0 Å². The van der Waals surface area contributed by atoms with Crippen molar-refractivity contribution in [1.82, 2.24) is 14.8 Å². The molecule has 0 fully saturated rings. The Hall–Kier alpha value is -2.82. The molecule has 1 aliphatic rings. The number of anilines is 1. The van der Waals surface area contributed by atoms with E-state index in [1.54, 1.807) is 13.4 Å². The van der Waals surface area contributed by atoms with Crippen molar-refractivity contribution >= 4 is 5.95 Å². The number of nitrogens with zero attached hydrogens (tertiary/aromatic N) is 3. The van der Waals surface area contributed by atoms with Crippen LogP contribution < -0.4 is 10.1 Å². The molecular weight excluding hydrogens is 312 g/mol. The summed E-state index contributed by atoms with van der Waals surface area (Å²) < 4.78 is 7.36. The second-order valence-electron chi connectivity index (χ2n) is 6.35. The van der Waals surface area contributed by atoms with Gasteiger partial charge < -0.3 is 10.1 Å². The molecule has 2 aromatic carbocycles. The van der Waals surface area contributed by atoms with Crippen LogP contribution in [0.5, 0.6) is 5.75 Å². The number of aryl methyl sites for hydroxylation is 1. The highest BCUT2D eigenvalue weighted by Crippen LogP contribution is 2.38. The summed E-state index contributed by atoms with van der Waals surface area (Å²) in [4.78, 5) is 4.39. The average Bonchev–Trinajstić information content (AvgIpc) is 3.16. The predicted molar refractivity (Wildman–Crippen MR) is 98.0 cm³/mol. The van der Waals surface area contributed by atoms with E-state index < -0.39 is 0 Å². The smallest absolute Gasteiger partial charge is 0.222 e. The molecule has 0 bridgehead atoms. The predicted octanol–water partition coefficient (Wildman–Crippen LogP) is 4.00. The van der Waals surface area contributed by atoms with Crippen LogP contribution in [0.1, 0.15) is 42.1 Å². The van der Waals surface area contributed by atoms with Gasteiger partial charge in [0.05, 0.1) is 19.2 Å². The maximum atomic E-state index is 5.38. The Labute approximate surface area is 147 Å². The average molecular weight is 334 g/mol. The first kappa shape index (κ1) is 15.7. The fourth-order valence-corrected chi connectivity index (χ4v) is 3.45. The molecule has 0 aliphatic carbocycles. The van der Waals surface area contributed by atoms with Crippen molar-refractivity contribution in [3.63, 3.8) is 0 Å². The van der Waals surface area contributed by atoms with Crippen LogP contribution >= 0.6 is 0 Å². The number of nitrogens with one attached hydrogen (secondary N) is 1. The summed E-state index contributed by atoms with van der Waals surface area (Å²) >= 11 is 0. The van der Waals surface area contributed by atoms with Gasteiger partial charge in [0, 0.05) is 0 Å². The molecule has 128 valence electrons. The van der Waals surface area contributed by atoms with Crippen LogP contribution in [-0.2, 0) is 6.42 Å². The Morgan fingerprint density at radius 1 is 1.16 bits per heavy atom. The molecule has 1 aliphatic heterocycles. The van der Waals surface area contributed by atoms with E-state index in [9.17, 15) is 0 Å². The van der Waals surface area contributed by atoms with Crippen molar-refractivity contribution < 1.29 is 4.74 Å². The van der Waals surface area contributed by atoms with Crippen molar-refractivity contribution in [2.45, 2.75) is 31.8 Å². The van der Waals surface area contributed by atoms with Gasteiger partial charge in [-0.15, -0.1) is 0 Å². The van der Waals surface area contributed by atoms with E-state index in [0.717, 1.165) is 24.5 Å². The molecule has 1 N–H and O–H groups in total. The quantitative estimate of drug-likeness (QED) is 0.784. The van der Waals surface area contributed by atoms with E-state index in [4.69, 9.17) is 4.74 Å². The molecule has 3 aromatic rings. The lowest BCUT2D eigenvalue weighted by Crippen LogP contribution is -2.28. The van der Waals surface area contributed by atoms with Crippen LogP contribution in [0.3, 0.4) is 0 Å².